The highest BCUT2D eigenvalue weighted by molar-refractivity contribution is 5.95. The van der Waals surface area contributed by atoms with Crippen LogP contribution in [0.1, 0.15) is 30.1 Å². The van der Waals surface area contributed by atoms with Crippen LogP contribution in [0.3, 0.4) is 0 Å². The molecule has 1 heterocycles. The molecular formula is C13H15NO6. The minimum Gasteiger partial charge on any atom is -0.490 e. The predicted octanol–water partition coefficient (Wildman–Crippen LogP) is 2.24. The summed E-state index contributed by atoms with van der Waals surface area (Å²) >= 11 is 0. The van der Waals surface area contributed by atoms with Crippen molar-refractivity contribution in [3.05, 3.63) is 33.9 Å². The first-order valence-electron chi connectivity index (χ1n) is 6.28. The van der Waals surface area contributed by atoms with Crippen LogP contribution >= 0.6 is 0 Å². The Hall–Kier alpha value is -2.15. The summed E-state index contributed by atoms with van der Waals surface area (Å²) in [6.07, 6.45) is 1.81. The molecule has 0 aromatic heterocycles. The van der Waals surface area contributed by atoms with Crippen molar-refractivity contribution in [2.45, 2.75) is 32.0 Å². The van der Waals surface area contributed by atoms with E-state index in [9.17, 15) is 14.9 Å². The van der Waals surface area contributed by atoms with Crippen LogP contribution in [0.4, 0.5) is 5.69 Å². The van der Waals surface area contributed by atoms with E-state index in [0.717, 1.165) is 18.9 Å². The van der Waals surface area contributed by atoms with E-state index in [2.05, 4.69) is 0 Å². The van der Waals surface area contributed by atoms with Gasteiger partial charge in [0.1, 0.15) is 12.4 Å². The monoisotopic (exact) mass is 281 g/mol. The predicted molar refractivity (Wildman–Crippen MR) is 69.1 cm³/mol. The number of hydrogen-bond acceptors (Lipinski definition) is 5. The van der Waals surface area contributed by atoms with Crippen LogP contribution in [-0.2, 0) is 4.74 Å². The third-order valence-corrected chi connectivity index (χ3v) is 3.16. The van der Waals surface area contributed by atoms with Crippen molar-refractivity contribution in [2.24, 2.45) is 0 Å². The van der Waals surface area contributed by atoms with Crippen LogP contribution in [-0.4, -0.2) is 34.8 Å². The Balaban J connectivity index is 2.16. The van der Waals surface area contributed by atoms with Gasteiger partial charge in [0.25, 0.3) is 5.69 Å². The standard InChI is InChI=1S/C13H15NO6/c1-8-5-6-9(20-8)7-19-11-4-2-3-10(14(17)18)12(11)13(15)16/h2-4,8-9H,5-7H2,1H3,(H,15,16). The molecule has 1 aromatic rings. The van der Waals surface area contributed by atoms with Gasteiger partial charge in [-0.1, -0.05) is 6.07 Å². The number of nitro benzene ring substituents is 1. The van der Waals surface area contributed by atoms with E-state index in [1.807, 2.05) is 6.92 Å². The molecule has 0 aliphatic carbocycles. The molecule has 1 aromatic carbocycles. The molecule has 0 bridgehead atoms. The summed E-state index contributed by atoms with van der Waals surface area (Å²) in [4.78, 5) is 21.3. The van der Waals surface area contributed by atoms with Crippen LogP contribution in [0.25, 0.3) is 0 Å². The van der Waals surface area contributed by atoms with Crippen LogP contribution in [0.2, 0.25) is 0 Å². The number of carbonyl (C=O) groups is 1. The fraction of sp³-hybridized carbons (Fsp3) is 0.462. The largest absolute Gasteiger partial charge is 0.490 e. The minimum absolute atomic E-state index is 0.00477. The van der Waals surface area contributed by atoms with Gasteiger partial charge in [0.2, 0.25) is 0 Å². The average molecular weight is 281 g/mol. The van der Waals surface area contributed by atoms with E-state index < -0.39 is 22.1 Å². The van der Waals surface area contributed by atoms with E-state index in [0.29, 0.717) is 0 Å². The normalized spacial score (nSPS) is 21.6. The van der Waals surface area contributed by atoms with Gasteiger partial charge in [-0.3, -0.25) is 10.1 Å². The number of nitrogens with zero attached hydrogens (tertiary/aromatic N) is 1. The van der Waals surface area contributed by atoms with Gasteiger partial charge in [0, 0.05) is 6.07 Å². The van der Waals surface area contributed by atoms with Crippen molar-refractivity contribution in [3.63, 3.8) is 0 Å². The molecule has 1 N–H and O–H groups in total. The Morgan fingerprint density at radius 1 is 1.55 bits per heavy atom. The highest BCUT2D eigenvalue weighted by Crippen LogP contribution is 2.29. The number of carboxylic acid groups (broad SMARTS) is 1. The quantitative estimate of drug-likeness (QED) is 0.656. The second-order valence-corrected chi connectivity index (χ2v) is 4.67. The zero-order valence-corrected chi connectivity index (χ0v) is 10.9. The molecule has 2 rings (SSSR count). The third-order valence-electron chi connectivity index (χ3n) is 3.16. The first-order valence-corrected chi connectivity index (χ1v) is 6.28. The molecule has 0 radical (unpaired) electrons. The molecule has 2 unspecified atom stereocenters. The van der Waals surface area contributed by atoms with E-state index >= 15 is 0 Å². The lowest BCUT2D eigenvalue weighted by Gasteiger charge is -2.14. The molecule has 0 saturated carbocycles. The molecular weight excluding hydrogens is 266 g/mol. The van der Waals surface area contributed by atoms with Gasteiger partial charge in [0.15, 0.2) is 5.56 Å². The maximum absolute atomic E-state index is 11.2. The number of rotatable bonds is 5. The minimum atomic E-state index is -1.38. The van der Waals surface area contributed by atoms with E-state index in [1.54, 1.807) is 0 Å². The summed E-state index contributed by atoms with van der Waals surface area (Å²) in [7, 11) is 0. The molecule has 1 fully saturated rings. The number of carboxylic acids is 1. The highest BCUT2D eigenvalue weighted by Gasteiger charge is 2.27. The Labute approximate surface area is 115 Å². The lowest BCUT2D eigenvalue weighted by Crippen LogP contribution is -2.19. The van der Waals surface area contributed by atoms with E-state index in [4.69, 9.17) is 14.6 Å². The van der Waals surface area contributed by atoms with Gasteiger partial charge >= 0.3 is 5.97 Å². The Bertz CT molecular complexity index is 530. The Morgan fingerprint density at radius 3 is 2.85 bits per heavy atom. The third kappa shape index (κ3) is 3.05. The van der Waals surface area contributed by atoms with Crippen molar-refractivity contribution < 1.29 is 24.3 Å². The summed E-state index contributed by atoms with van der Waals surface area (Å²) in [5.41, 5.74) is -0.903. The smallest absolute Gasteiger partial charge is 0.346 e. The summed E-state index contributed by atoms with van der Waals surface area (Å²) in [6, 6.07) is 3.96. The summed E-state index contributed by atoms with van der Waals surface area (Å²) in [5, 5.41) is 20.0. The Morgan fingerprint density at radius 2 is 2.30 bits per heavy atom. The molecule has 7 nitrogen and oxygen atoms in total. The summed E-state index contributed by atoms with van der Waals surface area (Å²) in [5.74, 6) is -1.39. The maximum Gasteiger partial charge on any atom is 0.346 e. The van der Waals surface area contributed by atoms with Crippen molar-refractivity contribution in [1.82, 2.24) is 0 Å². The number of aromatic carboxylic acids is 1. The number of nitro groups is 1. The molecule has 1 aliphatic heterocycles. The number of hydrogen-bond donors (Lipinski definition) is 1. The van der Waals surface area contributed by atoms with Crippen molar-refractivity contribution in [3.8, 4) is 5.75 Å². The van der Waals surface area contributed by atoms with Gasteiger partial charge in [-0.15, -0.1) is 0 Å². The molecule has 1 aliphatic rings. The zero-order chi connectivity index (χ0) is 14.7. The lowest BCUT2D eigenvalue weighted by molar-refractivity contribution is -0.385. The van der Waals surface area contributed by atoms with E-state index in [1.165, 1.54) is 12.1 Å². The fourth-order valence-corrected chi connectivity index (χ4v) is 2.20. The van der Waals surface area contributed by atoms with Crippen LogP contribution in [0, 0.1) is 10.1 Å². The average Bonchev–Trinajstić information content (AvgIpc) is 2.81. The molecule has 2 atom stereocenters. The second-order valence-electron chi connectivity index (χ2n) is 4.67. The number of benzene rings is 1. The van der Waals surface area contributed by atoms with Crippen LogP contribution < -0.4 is 4.74 Å². The molecule has 0 spiro atoms. The molecule has 108 valence electrons. The van der Waals surface area contributed by atoms with E-state index in [-0.39, 0.29) is 24.6 Å². The molecule has 20 heavy (non-hydrogen) atoms. The van der Waals surface area contributed by atoms with Gasteiger partial charge in [-0.2, -0.15) is 0 Å². The summed E-state index contributed by atoms with van der Waals surface area (Å²) < 4.78 is 11.0. The summed E-state index contributed by atoms with van der Waals surface area (Å²) in [6.45, 7) is 2.14. The molecule has 7 heteroatoms. The number of ether oxygens (including phenoxy) is 2. The maximum atomic E-state index is 11.2. The van der Waals surface area contributed by atoms with Crippen LogP contribution in [0.15, 0.2) is 18.2 Å². The highest BCUT2D eigenvalue weighted by atomic mass is 16.6. The van der Waals surface area contributed by atoms with Crippen LogP contribution in [0.5, 0.6) is 5.75 Å². The topological polar surface area (TPSA) is 98.9 Å². The molecule has 0 amide bonds. The first-order chi connectivity index (χ1) is 9.49. The van der Waals surface area contributed by atoms with Gasteiger partial charge < -0.3 is 14.6 Å². The van der Waals surface area contributed by atoms with Gasteiger partial charge in [0.05, 0.1) is 17.1 Å². The van der Waals surface area contributed by atoms with Crippen molar-refractivity contribution >= 4 is 11.7 Å². The van der Waals surface area contributed by atoms with Crippen molar-refractivity contribution in [1.29, 1.82) is 0 Å². The van der Waals surface area contributed by atoms with Gasteiger partial charge in [-0.25, -0.2) is 4.79 Å². The first kappa shape index (κ1) is 14.3. The van der Waals surface area contributed by atoms with Crippen molar-refractivity contribution in [2.75, 3.05) is 6.61 Å². The Kier molecular flexibility index (Phi) is 4.19. The molecule has 1 saturated heterocycles. The zero-order valence-electron chi connectivity index (χ0n) is 10.9. The fourth-order valence-electron chi connectivity index (χ4n) is 2.20. The SMILES string of the molecule is CC1CCC(COc2cccc([N+](=O)[O-])c2C(=O)O)O1. The second kappa shape index (κ2) is 5.87. The van der Waals surface area contributed by atoms with Gasteiger partial charge in [-0.05, 0) is 25.8 Å². The lowest BCUT2D eigenvalue weighted by atomic mass is 10.1.